The Morgan fingerprint density at radius 2 is 2.09 bits per heavy atom. The molecule has 0 radical (unpaired) electrons. The first-order valence-corrected chi connectivity index (χ1v) is 7.10. The molecule has 3 N–H and O–H groups in total. The summed E-state index contributed by atoms with van der Waals surface area (Å²) in [5.41, 5.74) is 7.50. The van der Waals surface area contributed by atoms with E-state index in [-0.39, 0.29) is 5.69 Å². The lowest BCUT2D eigenvalue weighted by molar-refractivity contribution is -0.384. The van der Waals surface area contributed by atoms with Gasteiger partial charge in [-0.1, -0.05) is 12.2 Å². The van der Waals surface area contributed by atoms with E-state index in [1.54, 1.807) is 12.1 Å². The van der Waals surface area contributed by atoms with Gasteiger partial charge in [-0.05, 0) is 31.9 Å². The Labute approximate surface area is 132 Å². The predicted molar refractivity (Wildman–Crippen MR) is 85.5 cm³/mol. The summed E-state index contributed by atoms with van der Waals surface area (Å²) in [6, 6.07) is 6.00. The van der Waals surface area contributed by atoms with Gasteiger partial charge in [-0.2, -0.15) is 0 Å². The van der Waals surface area contributed by atoms with Crippen molar-refractivity contribution in [1.29, 1.82) is 0 Å². The summed E-state index contributed by atoms with van der Waals surface area (Å²) in [6.45, 7) is 2.39. The van der Waals surface area contributed by atoms with Crippen LogP contribution in [0.2, 0.25) is 0 Å². The number of nitrogens with one attached hydrogen (secondary N) is 1. The van der Waals surface area contributed by atoms with Crippen molar-refractivity contribution in [3.05, 3.63) is 50.3 Å². The zero-order chi connectivity index (χ0) is 16.1. The van der Waals surface area contributed by atoms with E-state index in [0.29, 0.717) is 22.9 Å². The van der Waals surface area contributed by atoms with Crippen LogP contribution in [0.3, 0.4) is 0 Å². The molecule has 1 aromatic heterocycles. The summed E-state index contributed by atoms with van der Waals surface area (Å²) in [5, 5.41) is 10.6. The topological polar surface area (TPSA) is 107 Å². The number of aryl methyl sites for hydroxylation is 1. The average molecular weight is 320 g/mol. The molecule has 1 heterocycles. The van der Waals surface area contributed by atoms with Crippen LogP contribution in [-0.2, 0) is 6.42 Å². The Morgan fingerprint density at radius 3 is 2.68 bits per heavy atom. The number of nitrogens with two attached hydrogens (primary N) is 1. The van der Waals surface area contributed by atoms with Crippen molar-refractivity contribution >= 4 is 23.9 Å². The summed E-state index contributed by atoms with van der Waals surface area (Å²) < 4.78 is 6.06. The lowest BCUT2D eigenvalue weighted by Gasteiger charge is -2.08. The molecule has 0 aliphatic rings. The third-order valence-electron chi connectivity index (χ3n) is 3.14. The first kappa shape index (κ1) is 15.9. The van der Waals surface area contributed by atoms with Crippen molar-refractivity contribution < 1.29 is 9.66 Å². The Hall–Kier alpha value is -2.48. The Morgan fingerprint density at radius 1 is 1.41 bits per heavy atom. The van der Waals surface area contributed by atoms with Gasteiger partial charge in [0.15, 0.2) is 5.95 Å². The molecule has 1 aromatic carbocycles. The Balaban J connectivity index is 1.87. The van der Waals surface area contributed by atoms with E-state index in [0.717, 1.165) is 24.1 Å². The molecule has 2 aromatic rings. The van der Waals surface area contributed by atoms with E-state index < -0.39 is 4.92 Å². The van der Waals surface area contributed by atoms with Crippen LogP contribution < -0.4 is 10.5 Å². The van der Waals surface area contributed by atoms with Gasteiger partial charge in [0.2, 0.25) is 0 Å². The third kappa shape index (κ3) is 4.01. The van der Waals surface area contributed by atoms with Crippen molar-refractivity contribution in [3.63, 3.8) is 0 Å². The van der Waals surface area contributed by atoms with E-state index >= 15 is 0 Å². The molecule has 0 saturated heterocycles. The zero-order valence-electron chi connectivity index (χ0n) is 12.0. The zero-order valence-corrected chi connectivity index (χ0v) is 12.9. The maximum Gasteiger partial charge on any atom is 0.269 e. The quantitative estimate of drug-likeness (QED) is 0.367. The van der Waals surface area contributed by atoms with Gasteiger partial charge in [-0.15, -0.1) is 0 Å². The lowest BCUT2D eigenvalue weighted by Crippen LogP contribution is -2.05. The van der Waals surface area contributed by atoms with E-state index in [2.05, 4.69) is 9.97 Å². The van der Waals surface area contributed by atoms with E-state index in [4.69, 9.17) is 22.7 Å². The van der Waals surface area contributed by atoms with Gasteiger partial charge in [0, 0.05) is 23.4 Å². The summed E-state index contributed by atoms with van der Waals surface area (Å²) in [7, 11) is 0. The Kier molecular flexibility index (Phi) is 5.05. The summed E-state index contributed by atoms with van der Waals surface area (Å²) >= 11 is 5.19. The number of nitrogens with zero attached hydrogens (tertiary/aromatic N) is 2. The fourth-order valence-corrected chi connectivity index (χ4v) is 2.38. The number of anilines is 1. The van der Waals surface area contributed by atoms with Gasteiger partial charge in [-0.3, -0.25) is 10.1 Å². The van der Waals surface area contributed by atoms with Crippen LogP contribution in [0, 0.1) is 21.7 Å². The second-order valence-corrected chi connectivity index (χ2v) is 5.12. The molecule has 22 heavy (non-hydrogen) atoms. The molecule has 7 nitrogen and oxygen atoms in total. The van der Waals surface area contributed by atoms with Gasteiger partial charge in [0.05, 0.1) is 11.5 Å². The van der Waals surface area contributed by atoms with Crippen LogP contribution in [-0.4, -0.2) is 21.5 Å². The van der Waals surface area contributed by atoms with E-state index in [9.17, 15) is 10.1 Å². The highest BCUT2D eigenvalue weighted by atomic mass is 32.1. The largest absolute Gasteiger partial charge is 0.494 e. The third-order valence-corrected chi connectivity index (χ3v) is 3.47. The molecule has 0 atom stereocenters. The maximum absolute atomic E-state index is 10.6. The smallest absolute Gasteiger partial charge is 0.269 e. The fraction of sp³-hybridized carbons (Fsp3) is 0.286. The van der Waals surface area contributed by atoms with Crippen LogP contribution in [0.15, 0.2) is 24.3 Å². The SMILES string of the molecule is Cc1[nH]c(N)nc(=S)c1CCCOc1ccc([N+](=O)[O-])cc1. The maximum atomic E-state index is 10.6. The number of aromatic nitrogens is 2. The van der Waals surface area contributed by atoms with Crippen LogP contribution in [0.5, 0.6) is 5.75 Å². The van der Waals surface area contributed by atoms with Crippen molar-refractivity contribution in [2.45, 2.75) is 19.8 Å². The van der Waals surface area contributed by atoms with Crippen LogP contribution in [0.1, 0.15) is 17.7 Å². The van der Waals surface area contributed by atoms with Gasteiger partial charge in [0.1, 0.15) is 10.4 Å². The second-order valence-electron chi connectivity index (χ2n) is 4.73. The molecule has 0 saturated carbocycles. The molecule has 8 heteroatoms. The van der Waals surface area contributed by atoms with Gasteiger partial charge in [0.25, 0.3) is 5.69 Å². The molecule has 2 rings (SSSR count). The summed E-state index contributed by atoms with van der Waals surface area (Å²) in [4.78, 5) is 17.1. The van der Waals surface area contributed by atoms with Gasteiger partial charge in [-0.25, -0.2) is 4.98 Å². The highest BCUT2D eigenvalue weighted by Gasteiger charge is 2.06. The monoisotopic (exact) mass is 320 g/mol. The van der Waals surface area contributed by atoms with Crippen molar-refractivity contribution in [2.75, 3.05) is 12.3 Å². The van der Waals surface area contributed by atoms with Gasteiger partial charge >= 0.3 is 0 Å². The lowest BCUT2D eigenvalue weighted by atomic mass is 10.1. The predicted octanol–water partition coefficient (Wildman–Crippen LogP) is 2.95. The number of non-ortho nitro benzene ring substituents is 1. The molecule has 0 fully saturated rings. The highest BCUT2D eigenvalue weighted by molar-refractivity contribution is 7.71. The van der Waals surface area contributed by atoms with E-state index in [1.165, 1.54) is 12.1 Å². The van der Waals surface area contributed by atoms with Gasteiger partial charge < -0.3 is 15.5 Å². The number of aromatic amines is 1. The number of nitro benzene ring substituents is 1. The number of benzene rings is 1. The number of nitro groups is 1. The Bertz CT molecular complexity index is 728. The first-order chi connectivity index (χ1) is 10.5. The molecule has 0 amide bonds. The highest BCUT2D eigenvalue weighted by Crippen LogP contribution is 2.18. The normalized spacial score (nSPS) is 10.4. The molecule has 0 spiro atoms. The first-order valence-electron chi connectivity index (χ1n) is 6.70. The summed E-state index contributed by atoms with van der Waals surface area (Å²) in [6.07, 6.45) is 1.47. The van der Waals surface area contributed by atoms with Crippen molar-refractivity contribution in [3.8, 4) is 5.75 Å². The number of ether oxygens (including phenoxy) is 1. The number of hydrogen-bond donors (Lipinski definition) is 2. The minimum absolute atomic E-state index is 0.0437. The number of nitrogen functional groups attached to an aromatic ring is 1. The average Bonchev–Trinajstić information content (AvgIpc) is 2.46. The molecule has 0 aliphatic heterocycles. The number of rotatable bonds is 6. The minimum Gasteiger partial charge on any atom is -0.494 e. The number of hydrogen-bond acceptors (Lipinski definition) is 6. The van der Waals surface area contributed by atoms with Crippen LogP contribution in [0.25, 0.3) is 0 Å². The van der Waals surface area contributed by atoms with E-state index in [1.807, 2.05) is 6.92 Å². The van der Waals surface area contributed by atoms with Crippen LogP contribution >= 0.6 is 12.2 Å². The molecule has 0 aliphatic carbocycles. The van der Waals surface area contributed by atoms with Crippen LogP contribution in [0.4, 0.5) is 11.6 Å². The molecular formula is C14H16N4O3S. The molecule has 116 valence electrons. The molecule has 0 unspecified atom stereocenters. The molecule has 0 bridgehead atoms. The summed E-state index contributed by atoms with van der Waals surface area (Å²) in [5.74, 6) is 0.913. The molecular weight excluding hydrogens is 304 g/mol. The van der Waals surface area contributed by atoms with Crippen molar-refractivity contribution in [1.82, 2.24) is 9.97 Å². The minimum atomic E-state index is -0.442. The van der Waals surface area contributed by atoms with Crippen molar-refractivity contribution in [2.24, 2.45) is 0 Å². The fourth-order valence-electron chi connectivity index (χ4n) is 2.03. The standard InChI is InChI=1S/C14H16N4O3S/c1-9-12(13(22)17-14(15)16-9)3-2-8-21-11-6-4-10(5-7-11)18(19)20/h4-7H,2-3,8H2,1H3,(H3,15,16,17,22). The second kappa shape index (κ2) is 6.99. The number of H-pyrrole nitrogens is 1.